The average Bonchev–Trinajstić information content (AvgIpc) is 2.96. The molecule has 8 nitrogen and oxygen atoms in total. The zero-order chi connectivity index (χ0) is 30.2. The van der Waals surface area contributed by atoms with E-state index in [9.17, 15) is 18.0 Å². The van der Waals surface area contributed by atoms with Crippen molar-refractivity contribution < 1.29 is 22.7 Å². The van der Waals surface area contributed by atoms with Crippen LogP contribution >= 0.6 is 0 Å². The number of amides is 2. The van der Waals surface area contributed by atoms with E-state index < -0.39 is 28.5 Å². The molecule has 0 aliphatic rings. The van der Waals surface area contributed by atoms with Gasteiger partial charge in [-0.1, -0.05) is 67.4 Å². The predicted octanol–water partition coefficient (Wildman–Crippen LogP) is 5.23. The Morgan fingerprint density at radius 2 is 1.51 bits per heavy atom. The first-order valence-electron chi connectivity index (χ1n) is 13.9. The Morgan fingerprint density at radius 3 is 2.07 bits per heavy atom. The molecule has 3 rings (SSSR count). The number of nitrogens with one attached hydrogen (secondary N) is 1. The van der Waals surface area contributed by atoms with Crippen molar-refractivity contribution in [3.63, 3.8) is 0 Å². The number of anilines is 1. The molecule has 0 radical (unpaired) electrons. The molecule has 0 heterocycles. The highest BCUT2D eigenvalue weighted by Gasteiger charge is 2.34. The summed E-state index contributed by atoms with van der Waals surface area (Å²) in [5.74, 6) is -0.304. The van der Waals surface area contributed by atoms with E-state index >= 15 is 0 Å². The molecule has 2 atom stereocenters. The normalized spacial score (nSPS) is 12.7. The van der Waals surface area contributed by atoms with Gasteiger partial charge in [-0.15, -0.1) is 0 Å². The number of sulfonamides is 1. The smallest absolute Gasteiger partial charge is 0.264 e. The van der Waals surface area contributed by atoms with Crippen LogP contribution in [-0.4, -0.2) is 50.9 Å². The van der Waals surface area contributed by atoms with Crippen molar-refractivity contribution in [2.45, 2.75) is 71.0 Å². The van der Waals surface area contributed by atoms with Crippen LogP contribution in [0.2, 0.25) is 0 Å². The molecule has 0 aromatic heterocycles. The molecule has 0 aliphatic heterocycles. The van der Waals surface area contributed by atoms with E-state index in [4.69, 9.17) is 4.74 Å². The van der Waals surface area contributed by atoms with Crippen molar-refractivity contribution >= 4 is 27.5 Å². The van der Waals surface area contributed by atoms with Crippen LogP contribution < -0.4 is 14.4 Å². The highest BCUT2D eigenvalue weighted by molar-refractivity contribution is 7.92. The maximum Gasteiger partial charge on any atom is 0.264 e. The first-order valence-corrected chi connectivity index (χ1v) is 15.3. The van der Waals surface area contributed by atoms with E-state index in [0.717, 1.165) is 27.4 Å². The Kier molecular flexibility index (Phi) is 10.9. The van der Waals surface area contributed by atoms with Crippen LogP contribution in [0.1, 0.15) is 50.3 Å². The largest absolute Gasteiger partial charge is 0.497 e. The number of benzene rings is 3. The molecule has 41 heavy (non-hydrogen) atoms. The maximum absolute atomic E-state index is 14.2. The van der Waals surface area contributed by atoms with Crippen molar-refractivity contribution in [1.29, 1.82) is 0 Å². The van der Waals surface area contributed by atoms with E-state index in [1.54, 1.807) is 36.4 Å². The average molecular weight is 580 g/mol. The first kappa shape index (κ1) is 31.7. The van der Waals surface area contributed by atoms with Crippen LogP contribution in [0.15, 0.2) is 77.7 Å². The summed E-state index contributed by atoms with van der Waals surface area (Å²) < 4.78 is 34.4. The molecule has 220 valence electrons. The Labute approximate surface area is 244 Å². The van der Waals surface area contributed by atoms with Crippen LogP contribution in [0.4, 0.5) is 5.69 Å². The first-order chi connectivity index (χ1) is 19.5. The number of nitrogens with zero attached hydrogens (tertiary/aromatic N) is 2. The lowest BCUT2D eigenvalue weighted by molar-refractivity contribution is -0.140. The quantitative estimate of drug-likeness (QED) is 0.299. The standard InChI is InChI=1S/C32H41N3O5S/c1-7-25(5)33-32(37)30(8-2)34(21-26-16-12-23(3)13-17-26)31(36)22-35(27-10-9-11-28(20-27)40-6)41(38,39)29-18-14-24(4)15-19-29/h9-20,25,30H,7-8,21-22H2,1-6H3,(H,33,37)/t25-,30+/m0/s1. The van der Waals surface area contributed by atoms with Gasteiger partial charge >= 0.3 is 0 Å². The number of carbonyl (C=O) groups is 2. The molecule has 0 bridgehead atoms. The fourth-order valence-electron chi connectivity index (χ4n) is 4.38. The van der Waals surface area contributed by atoms with Gasteiger partial charge < -0.3 is 15.0 Å². The zero-order valence-electron chi connectivity index (χ0n) is 24.8. The van der Waals surface area contributed by atoms with E-state index in [0.29, 0.717) is 12.2 Å². The molecule has 9 heteroatoms. The summed E-state index contributed by atoms with van der Waals surface area (Å²) in [5, 5.41) is 2.99. The lowest BCUT2D eigenvalue weighted by atomic mass is 10.1. The van der Waals surface area contributed by atoms with E-state index in [1.807, 2.05) is 58.9 Å². The van der Waals surface area contributed by atoms with Crippen molar-refractivity contribution in [1.82, 2.24) is 10.2 Å². The molecule has 0 fully saturated rings. The second kappa shape index (κ2) is 14.2. The fraction of sp³-hybridized carbons (Fsp3) is 0.375. The second-order valence-corrected chi connectivity index (χ2v) is 12.1. The van der Waals surface area contributed by atoms with Gasteiger partial charge in [0.1, 0.15) is 18.3 Å². The lowest BCUT2D eigenvalue weighted by Gasteiger charge is -2.33. The molecule has 0 aliphatic carbocycles. The Balaban J connectivity index is 2.07. The Hall–Kier alpha value is -3.85. The van der Waals surface area contributed by atoms with Gasteiger partial charge in [0, 0.05) is 18.7 Å². The minimum absolute atomic E-state index is 0.0605. The molecule has 0 saturated carbocycles. The zero-order valence-corrected chi connectivity index (χ0v) is 25.6. The SMILES string of the molecule is CC[C@H](C(=O)N[C@@H](C)CC)N(Cc1ccc(C)cc1)C(=O)CN(c1cccc(OC)c1)S(=O)(=O)c1ccc(C)cc1. The van der Waals surface area contributed by atoms with Crippen molar-refractivity contribution in [2.24, 2.45) is 0 Å². The van der Waals surface area contributed by atoms with Gasteiger partial charge in [0.25, 0.3) is 10.0 Å². The third kappa shape index (κ3) is 8.10. The molecule has 0 spiro atoms. The topological polar surface area (TPSA) is 96.0 Å². The number of carbonyl (C=O) groups excluding carboxylic acids is 2. The molecule has 2 amide bonds. The third-order valence-corrected chi connectivity index (χ3v) is 8.88. The minimum atomic E-state index is -4.15. The number of aryl methyl sites for hydroxylation is 2. The minimum Gasteiger partial charge on any atom is -0.497 e. The van der Waals surface area contributed by atoms with Gasteiger partial charge in [0.15, 0.2) is 0 Å². The molecule has 3 aromatic carbocycles. The summed E-state index contributed by atoms with van der Waals surface area (Å²) in [7, 11) is -2.65. The van der Waals surface area contributed by atoms with Gasteiger partial charge in [-0.3, -0.25) is 13.9 Å². The van der Waals surface area contributed by atoms with E-state index in [2.05, 4.69) is 5.32 Å². The van der Waals surface area contributed by atoms with Crippen LogP contribution in [0.3, 0.4) is 0 Å². The number of hydrogen-bond acceptors (Lipinski definition) is 5. The summed E-state index contributed by atoms with van der Waals surface area (Å²) in [6, 6.07) is 19.9. The van der Waals surface area contributed by atoms with Crippen LogP contribution in [0.25, 0.3) is 0 Å². The number of ether oxygens (including phenoxy) is 1. The number of hydrogen-bond donors (Lipinski definition) is 1. The fourth-order valence-corrected chi connectivity index (χ4v) is 5.79. The molecule has 3 aromatic rings. The van der Waals surface area contributed by atoms with Gasteiger partial charge in [-0.05, 0) is 63.4 Å². The van der Waals surface area contributed by atoms with E-state index in [-0.39, 0.29) is 29.1 Å². The maximum atomic E-state index is 14.2. The van der Waals surface area contributed by atoms with Crippen molar-refractivity contribution in [3.05, 3.63) is 89.5 Å². The second-order valence-electron chi connectivity index (χ2n) is 10.3. The summed E-state index contributed by atoms with van der Waals surface area (Å²) in [4.78, 5) is 29.1. The van der Waals surface area contributed by atoms with E-state index in [1.165, 1.54) is 24.1 Å². The predicted molar refractivity (Wildman–Crippen MR) is 162 cm³/mol. The van der Waals surface area contributed by atoms with Gasteiger partial charge in [-0.2, -0.15) is 0 Å². The molecular formula is C32H41N3O5S. The molecule has 0 saturated heterocycles. The molecule has 0 unspecified atom stereocenters. The highest BCUT2D eigenvalue weighted by Crippen LogP contribution is 2.28. The number of rotatable bonds is 13. The van der Waals surface area contributed by atoms with Crippen LogP contribution in [-0.2, 0) is 26.2 Å². The number of methoxy groups -OCH3 is 1. The Morgan fingerprint density at radius 1 is 0.902 bits per heavy atom. The summed E-state index contributed by atoms with van der Waals surface area (Å²) >= 11 is 0. The molecule has 1 N–H and O–H groups in total. The van der Waals surface area contributed by atoms with Crippen molar-refractivity contribution in [3.8, 4) is 5.75 Å². The van der Waals surface area contributed by atoms with Gasteiger partial charge in [0.05, 0.1) is 17.7 Å². The van der Waals surface area contributed by atoms with Crippen molar-refractivity contribution in [2.75, 3.05) is 18.0 Å². The lowest BCUT2D eigenvalue weighted by Crippen LogP contribution is -2.53. The summed E-state index contributed by atoms with van der Waals surface area (Å²) in [6.45, 7) is 9.24. The monoisotopic (exact) mass is 579 g/mol. The summed E-state index contributed by atoms with van der Waals surface area (Å²) in [6.07, 6.45) is 1.11. The Bertz CT molecular complexity index is 1420. The van der Waals surface area contributed by atoms with Gasteiger partial charge in [-0.25, -0.2) is 8.42 Å². The van der Waals surface area contributed by atoms with Crippen LogP contribution in [0, 0.1) is 13.8 Å². The summed E-state index contributed by atoms with van der Waals surface area (Å²) in [5.41, 5.74) is 3.11. The third-order valence-electron chi connectivity index (χ3n) is 7.09. The van der Waals surface area contributed by atoms with Crippen LogP contribution in [0.5, 0.6) is 5.75 Å². The van der Waals surface area contributed by atoms with Gasteiger partial charge in [0.2, 0.25) is 11.8 Å². The molecular weight excluding hydrogens is 538 g/mol. The highest BCUT2D eigenvalue weighted by atomic mass is 32.2.